The van der Waals surface area contributed by atoms with E-state index in [2.05, 4.69) is 10.2 Å². The zero-order valence-corrected chi connectivity index (χ0v) is 20.4. The highest BCUT2D eigenvalue weighted by Crippen LogP contribution is 2.32. The number of para-hydroxylation sites is 2. The van der Waals surface area contributed by atoms with Crippen LogP contribution in [0.5, 0.6) is 11.5 Å². The summed E-state index contributed by atoms with van der Waals surface area (Å²) in [5, 5.41) is 12.0. The van der Waals surface area contributed by atoms with E-state index in [9.17, 15) is 9.59 Å². The highest BCUT2D eigenvalue weighted by atomic mass is 16.5. The van der Waals surface area contributed by atoms with Crippen molar-refractivity contribution in [1.29, 1.82) is 0 Å². The summed E-state index contributed by atoms with van der Waals surface area (Å²) in [7, 11) is 2.04. The van der Waals surface area contributed by atoms with Gasteiger partial charge in [-0.15, -0.1) is 0 Å². The predicted octanol–water partition coefficient (Wildman–Crippen LogP) is 4.77. The first kappa shape index (κ1) is 24.1. The molecule has 0 saturated heterocycles. The van der Waals surface area contributed by atoms with Gasteiger partial charge < -0.3 is 24.8 Å². The number of carbonyl (C=O) groups excluding carboxylic acids is 1. The molecule has 1 aliphatic heterocycles. The second kappa shape index (κ2) is 10.1. The number of aliphatic carboxylic acids is 1. The molecule has 0 aliphatic carbocycles. The standard InChI is InChI=1S/C28H30N2O5/c1-17-9-20(14-26(31)32)13-21(10-17)29-28(33)27-18(2)11-22(12-19(27)3)34-16-23-15-30(4)24-7-5-6-8-25(24)35-23/h5-13,23H,14-16H2,1-4H3,(H,29,33)(H,31,32)/t23-/m0/s1. The molecule has 0 radical (unpaired) electrons. The van der Waals surface area contributed by atoms with Crippen LogP contribution in [0.2, 0.25) is 0 Å². The van der Waals surface area contributed by atoms with Gasteiger partial charge in [0.15, 0.2) is 0 Å². The third kappa shape index (κ3) is 5.74. The van der Waals surface area contributed by atoms with Crippen LogP contribution in [0.4, 0.5) is 11.4 Å². The first-order valence-corrected chi connectivity index (χ1v) is 11.5. The quantitative estimate of drug-likeness (QED) is 0.513. The van der Waals surface area contributed by atoms with Gasteiger partial charge in [-0.3, -0.25) is 9.59 Å². The van der Waals surface area contributed by atoms with Gasteiger partial charge in [0.25, 0.3) is 5.91 Å². The Balaban J connectivity index is 1.44. The van der Waals surface area contributed by atoms with Crippen molar-refractivity contribution in [3.8, 4) is 11.5 Å². The number of carboxylic acid groups (broad SMARTS) is 1. The number of fused-ring (bicyclic) bond motifs is 1. The summed E-state index contributed by atoms with van der Waals surface area (Å²) in [6.07, 6.45) is -0.208. The van der Waals surface area contributed by atoms with Crippen LogP contribution in [-0.2, 0) is 11.2 Å². The van der Waals surface area contributed by atoms with E-state index < -0.39 is 5.97 Å². The molecule has 0 spiro atoms. The summed E-state index contributed by atoms with van der Waals surface area (Å²) in [5.41, 5.74) is 5.32. The summed E-state index contributed by atoms with van der Waals surface area (Å²) in [4.78, 5) is 26.3. The lowest BCUT2D eigenvalue weighted by atomic mass is 10.0. The lowest BCUT2D eigenvalue weighted by molar-refractivity contribution is -0.136. The number of amides is 1. The lowest BCUT2D eigenvalue weighted by Gasteiger charge is -2.33. The largest absolute Gasteiger partial charge is 0.490 e. The summed E-state index contributed by atoms with van der Waals surface area (Å²) in [5.74, 6) is 0.370. The van der Waals surface area contributed by atoms with Crippen molar-refractivity contribution in [2.45, 2.75) is 33.3 Å². The summed E-state index contributed by atoms with van der Waals surface area (Å²) in [6, 6.07) is 17.0. The van der Waals surface area contributed by atoms with Crippen LogP contribution < -0.4 is 19.7 Å². The van der Waals surface area contributed by atoms with Crippen molar-refractivity contribution in [2.24, 2.45) is 0 Å². The molecule has 7 nitrogen and oxygen atoms in total. The van der Waals surface area contributed by atoms with Gasteiger partial charge in [0.2, 0.25) is 0 Å². The number of anilines is 2. The number of benzene rings is 3. The van der Waals surface area contributed by atoms with Crippen molar-refractivity contribution in [3.63, 3.8) is 0 Å². The fraction of sp³-hybridized carbons (Fsp3) is 0.286. The predicted molar refractivity (Wildman–Crippen MR) is 136 cm³/mol. The van der Waals surface area contributed by atoms with E-state index in [1.165, 1.54) is 0 Å². The second-order valence-corrected chi connectivity index (χ2v) is 9.06. The number of likely N-dealkylation sites (N-methyl/N-ethyl adjacent to an activating group) is 1. The number of nitrogens with zero attached hydrogens (tertiary/aromatic N) is 1. The minimum Gasteiger partial charge on any atom is -0.490 e. The Hall–Kier alpha value is -4.00. The van der Waals surface area contributed by atoms with Gasteiger partial charge in [-0.25, -0.2) is 0 Å². The number of rotatable bonds is 7. The number of nitrogens with one attached hydrogen (secondary N) is 1. The SMILES string of the molecule is Cc1cc(CC(=O)O)cc(NC(=O)c2c(C)cc(OC[C@@H]3CN(C)c4ccccc4O3)cc2C)c1. The second-order valence-electron chi connectivity index (χ2n) is 9.06. The normalized spacial score (nSPS) is 14.6. The molecule has 1 heterocycles. The van der Waals surface area contributed by atoms with Crippen LogP contribution in [-0.4, -0.2) is 43.3 Å². The number of carbonyl (C=O) groups is 2. The van der Waals surface area contributed by atoms with E-state index in [0.29, 0.717) is 29.2 Å². The van der Waals surface area contributed by atoms with Crippen LogP contribution in [0, 0.1) is 20.8 Å². The van der Waals surface area contributed by atoms with Crippen LogP contribution in [0.15, 0.2) is 54.6 Å². The smallest absolute Gasteiger partial charge is 0.307 e. The number of hydrogen-bond donors (Lipinski definition) is 2. The minimum atomic E-state index is -0.912. The molecule has 182 valence electrons. The average Bonchev–Trinajstić information content (AvgIpc) is 2.76. The molecule has 0 bridgehead atoms. The molecular formula is C28H30N2O5. The van der Waals surface area contributed by atoms with Crippen molar-refractivity contribution in [3.05, 3.63) is 82.4 Å². The molecule has 1 amide bonds. The van der Waals surface area contributed by atoms with Crippen molar-refractivity contribution in [1.82, 2.24) is 0 Å². The van der Waals surface area contributed by atoms with Gasteiger partial charge in [0.05, 0.1) is 18.7 Å². The number of carboxylic acids is 1. The molecule has 7 heteroatoms. The molecule has 1 atom stereocenters. The van der Waals surface area contributed by atoms with Crippen molar-refractivity contribution >= 4 is 23.3 Å². The van der Waals surface area contributed by atoms with Gasteiger partial charge >= 0.3 is 5.97 Å². The van der Waals surface area contributed by atoms with Crippen LogP contribution in [0.1, 0.15) is 32.6 Å². The Labute approximate surface area is 205 Å². The summed E-state index contributed by atoms with van der Waals surface area (Å²) >= 11 is 0. The third-order valence-electron chi connectivity index (χ3n) is 5.97. The molecule has 0 saturated carbocycles. The summed E-state index contributed by atoms with van der Waals surface area (Å²) in [6.45, 7) is 6.73. The van der Waals surface area contributed by atoms with Gasteiger partial charge in [0.1, 0.15) is 24.2 Å². The molecule has 0 aromatic heterocycles. The Morgan fingerprint density at radius 2 is 1.80 bits per heavy atom. The Morgan fingerprint density at radius 3 is 2.51 bits per heavy atom. The number of aryl methyl sites for hydroxylation is 3. The van der Waals surface area contributed by atoms with E-state index in [-0.39, 0.29) is 18.4 Å². The first-order valence-electron chi connectivity index (χ1n) is 11.5. The van der Waals surface area contributed by atoms with Gasteiger partial charge in [0, 0.05) is 18.3 Å². The van der Waals surface area contributed by atoms with Crippen LogP contribution >= 0.6 is 0 Å². The van der Waals surface area contributed by atoms with E-state index >= 15 is 0 Å². The number of ether oxygens (including phenoxy) is 2. The van der Waals surface area contributed by atoms with Crippen LogP contribution in [0.25, 0.3) is 0 Å². The van der Waals surface area contributed by atoms with E-state index in [1.54, 1.807) is 12.1 Å². The molecule has 0 unspecified atom stereocenters. The minimum absolute atomic E-state index is 0.0965. The molecule has 2 N–H and O–H groups in total. The fourth-order valence-corrected chi connectivity index (χ4v) is 4.54. The average molecular weight is 475 g/mol. The van der Waals surface area contributed by atoms with Crippen LogP contribution in [0.3, 0.4) is 0 Å². The summed E-state index contributed by atoms with van der Waals surface area (Å²) < 4.78 is 12.1. The third-order valence-corrected chi connectivity index (χ3v) is 5.97. The van der Waals surface area contributed by atoms with Crippen molar-refractivity contribution in [2.75, 3.05) is 30.4 Å². The molecule has 0 fully saturated rings. The molecule has 3 aromatic rings. The van der Waals surface area contributed by atoms with E-state index in [4.69, 9.17) is 14.6 Å². The van der Waals surface area contributed by atoms with Gasteiger partial charge in [-0.1, -0.05) is 18.2 Å². The highest BCUT2D eigenvalue weighted by molar-refractivity contribution is 6.06. The van der Waals surface area contributed by atoms with Gasteiger partial charge in [-0.2, -0.15) is 0 Å². The zero-order chi connectivity index (χ0) is 25.1. The molecule has 3 aromatic carbocycles. The maximum atomic E-state index is 13.1. The Kier molecular flexibility index (Phi) is 6.96. The maximum Gasteiger partial charge on any atom is 0.307 e. The highest BCUT2D eigenvalue weighted by Gasteiger charge is 2.24. The topological polar surface area (TPSA) is 88.1 Å². The Morgan fingerprint density at radius 1 is 1.09 bits per heavy atom. The van der Waals surface area contributed by atoms with Gasteiger partial charge in [-0.05, 0) is 79.4 Å². The molecular weight excluding hydrogens is 444 g/mol. The van der Waals surface area contributed by atoms with E-state index in [1.807, 2.05) is 70.3 Å². The molecule has 4 rings (SSSR count). The fourth-order valence-electron chi connectivity index (χ4n) is 4.54. The van der Waals surface area contributed by atoms with E-state index in [0.717, 1.165) is 34.7 Å². The maximum absolute atomic E-state index is 13.1. The first-order chi connectivity index (χ1) is 16.7. The Bertz CT molecular complexity index is 1250. The number of hydrogen-bond acceptors (Lipinski definition) is 5. The van der Waals surface area contributed by atoms with Crippen molar-refractivity contribution < 1.29 is 24.2 Å². The molecule has 35 heavy (non-hydrogen) atoms. The monoisotopic (exact) mass is 474 g/mol. The molecule has 1 aliphatic rings. The lowest BCUT2D eigenvalue weighted by Crippen LogP contribution is -2.41. The zero-order valence-electron chi connectivity index (χ0n) is 20.4.